The molecule has 0 bridgehead atoms. The summed E-state index contributed by atoms with van der Waals surface area (Å²) in [5.74, 6) is 1.22. The first kappa shape index (κ1) is 20.1. The minimum atomic E-state index is -0.126. The standard InChI is InChI=1S/C24H25N7O/c1-16(2)27-23(32)20-19-9-8-17-6-3-4-7-18(17)21(19)28-29-22(20)30-12-14-31(15-13-30)24-25-10-5-11-26-24/h3-11,16H,12-15H2,1-2H3,(H,27,32). The van der Waals surface area contributed by atoms with Crippen molar-refractivity contribution in [2.45, 2.75) is 19.9 Å². The third kappa shape index (κ3) is 3.68. The van der Waals surface area contributed by atoms with E-state index in [0.29, 0.717) is 24.5 Å². The SMILES string of the molecule is CC(C)NC(=O)c1c(N2CCN(c3ncccn3)CC2)nnc2c1ccc1ccccc12. The van der Waals surface area contributed by atoms with E-state index >= 15 is 0 Å². The van der Waals surface area contributed by atoms with Crippen molar-refractivity contribution in [2.24, 2.45) is 0 Å². The molecule has 0 aliphatic carbocycles. The molecule has 1 amide bonds. The van der Waals surface area contributed by atoms with E-state index in [1.54, 1.807) is 12.4 Å². The van der Waals surface area contributed by atoms with Crippen LogP contribution in [0.25, 0.3) is 21.7 Å². The Bertz CT molecular complexity index is 1270. The van der Waals surface area contributed by atoms with Gasteiger partial charge in [0.15, 0.2) is 5.82 Å². The number of amides is 1. The van der Waals surface area contributed by atoms with Crippen LogP contribution in [0.3, 0.4) is 0 Å². The van der Waals surface area contributed by atoms with Crippen LogP contribution in [0.2, 0.25) is 0 Å². The van der Waals surface area contributed by atoms with Crippen LogP contribution in [0, 0.1) is 0 Å². The Labute approximate surface area is 186 Å². The highest BCUT2D eigenvalue weighted by atomic mass is 16.1. The molecule has 1 fully saturated rings. The molecule has 0 radical (unpaired) electrons. The summed E-state index contributed by atoms with van der Waals surface area (Å²) < 4.78 is 0. The van der Waals surface area contributed by atoms with E-state index in [4.69, 9.17) is 0 Å². The number of aromatic nitrogens is 4. The number of nitrogens with one attached hydrogen (secondary N) is 1. The van der Waals surface area contributed by atoms with Crippen LogP contribution in [-0.4, -0.2) is 58.3 Å². The van der Waals surface area contributed by atoms with E-state index in [2.05, 4.69) is 35.3 Å². The van der Waals surface area contributed by atoms with Gasteiger partial charge in [0.25, 0.3) is 5.91 Å². The van der Waals surface area contributed by atoms with Crippen molar-refractivity contribution in [2.75, 3.05) is 36.0 Å². The number of carbonyl (C=O) groups is 1. The Morgan fingerprint density at radius 3 is 2.34 bits per heavy atom. The van der Waals surface area contributed by atoms with Crippen molar-refractivity contribution in [3.8, 4) is 0 Å². The molecule has 1 aliphatic rings. The molecule has 2 aromatic heterocycles. The maximum atomic E-state index is 13.3. The quantitative estimate of drug-likeness (QED) is 0.501. The molecular formula is C24H25N7O. The van der Waals surface area contributed by atoms with E-state index in [9.17, 15) is 4.79 Å². The van der Waals surface area contributed by atoms with E-state index in [-0.39, 0.29) is 11.9 Å². The predicted octanol–water partition coefficient (Wildman–Crippen LogP) is 3.04. The molecule has 5 rings (SSSR count). The predicted molar refractivity (Wildman–Crippen MR) is 126 cm³/mol. The van der Waals surface area contributed by atoms with Crippen molar-refractivity contribution in [1.82, 2.24) is 25.5 Å². The molecule has 1 aliphatic heterocycles. The van der Waals surface area contributed by atoms with E-state index < -0.39 is 0 Å². The number of nitrogens with zero attached hydrogens (tertiary/aromatic N) is 6. The Balaban J connectivity index is 1.55. The van der Waals surface area contributed by atoms with Gasteiger partial charge < -0.3 is 15.1 Å². The Kier molecular flexibility index (Phi) is 5.26. The van der Waals surface area contributed by atoms with Gasteiger partial charge in [0, 0.05) is 55.4 Å². The van der Waals surface area contributed by atoms with Gasteiger partial charge in [-0.2, -0.15) is 0 Å². The lowest BCUT2D eigenvalue weighted by Gasteiger charge is -2.35. The molecule has 0 atom stereocenters. The third-order valence-electron chi connectivity index (χ3n) is 5.70. The van der Waals surface area contributed by atoms with E-state index in [1.807, 2.05) is 56.3 Å². The molecule has 1 N–H and O–H groups in total. The first-order valence-electron chi connectivity index (χ1n) is 10.9. The maximum absolute atomic E-state index is 13.3. The van der Waals surface area contributed by atoms with Crippen molar-refractivity contribution in [3.63, 3.8) is 0 Å². The first-order chi connectivity index (χ1) is 15.6. The van der Waals surface area contributed by atoms with Gasteiger partial charge in [0.05, 0.1) is 5.56 Å². The number of rotatable bonds is 4. The summed E-state index contributed by atoms with van der Waals surface area (Å²) in [5, 5.41) is 15.1. The number of hydrogen-bond acceptors (Lipinski definition) is 7. The molecule has 8 heteroatoms. The smallest absolute Gasteiger partial charge is 0.256 e. The van der Waals surface area contributed by atoms with Gasteiger partial charge >= 0.3 is 0 Å². The fourth-order valence-electron chi connectivity index (χ4n) is 4.18. The molecular weight excluding hydrogens is 402 g/mol. The zero-order chi connectivity index (χ0) is 22.1. The van der Waals surface area contributed by atoms with Crippen LogP contribution in [-0.2, 0) is 0 Å². The summed E-state index contributed by atoms with van der Waals surface area (Å²) in [5.41, 5.74) is 1.33. The van der Waals surface area contributed by atoms with Gasteiger partial charge in [-0.1, -0.05) is 36.4 Å². The lowest BCUT2D eigenvalue weighted by atomic mass is 10.0. The zero-order valence-electron chi connectivity index (χ0n) is 18.2. The minimum Gasteiger partial charge on any atom is -0.351 e. The third-order valence-corrected chi connectivity index (χ3v) is 5.70. The van der Waals surface area contributed by atoms with Crippen molar-refractivity contribution < 1.29 is 4.79 Å². The van der Waals surface area contributed by atoms with Crippen LogP contribution in [0.5, 0.6) is 0 Å². The van der Waals surface area contributed by atoms with Crippen LogP contribution in [0.15, 0.2) is 54.9 Å². The number of anilines is 2. The molecule has 2 aromatic carbocycles. The Morgan fingerprint density at radius 2 is 1.59 bits per heavy atom. The van der Waals surface area contributed by atoms with Gasteiger partial charge in [-0.3, -0.25) is 4.79 Å². The van der Waals surface area contributed by atoms with Gasteiger partial charge in [-0.15, -0.1) is 10.2 Å². The highest BCUT2D eigenvalue weighted by Gasteiger charge is 2.27. The Hall–Kier alpha value is -3.81. The van der Waals surface area contributed by atoms with E-state index in [0.717, 1.165) is 40.7 Å². The van der Waals surface area contributed by atoms with Crippen LogP contribution >= 0.6 is 0 Å². The van der Waals surface area contributed by atoms with E-state index in [1.165, 1.54) is 0 Å². The molecule has 1 saturated heterocycles. The van der Waals surface area contributed by atoms with Crippen molar-refractivity contribution in [3.05, 3.63) is 60.4 Å². The number of benzene rings is 2. The maximum Gasteiger partial charge on any atom is 0.256 e. The second-order valence-electron chi connectivity index (χ2n) is 8.23. The minimum absolute atomic E-state index is 0.0195. The highest BCUT2D eigenvalue weighted by Crippen LogP contribution is 2.31. The first-order valence-corrected chi connectivity index (χ1v) is 10.9. The molecule has 162 valence electrons. The molecule has 0 unspecified atom stereocenters. The van der Waals surface area contributed by atoms with Gasteiger partial charge in [0.1, 0.15) is 5.52 Å². The summed E-state index contributed by atoms with van der Waals surface area (Å²) in [6.07, 6.45) is 3.50. The number of fused-ring (bicyclic) bond motifs is 3. The van der Waals surface area contributed by atoms with Crippen LogP contribution < -0.4 is 15.1 Å². The molecule has 4 aromatic rings. The zero-order valence-corrected chi connectivity index (χ0v) is 18.2. The van der Waals surface area contributed by atoms with Gasteiger partial charge in [-0.25, -0.2) is 9.97 Å². The molecule has 3 heterocycles. The monoisotopic (exact) mass is 427 g/mol. The summed E-state index contributed by atoms with van der Waals surface area (Å²) in [4.78, 5) is 26.3. The largest absolute Gasteiger partial charge is 0.351 e. The topological polar surface area (TPSA) is 87.1 Å². The number of piperazine rings is 1. The lowest BCUT2D eigenvalue weighted by Crippen LogP contribution is -2.48. The Morgan fingerprint density at radius 1 is 0.875 bits per heavy atom. The fourth-order valence-corrected chi connectivity index (χ4v) is 4.18. The average molecular weight is 428 g/mol. The van der Waals surface area contributed by atoms with Gasteiger partial charge in [0.2, 0.25) is 5.95 Å². The summed E-state index contributed by atoms with van der Waals surface area (Å²) in [6.45, 7) is 6.81. The lowest BCUT2D eigenvalue weighted by molar-refractivity contribution is 0.0945. The fraction of sp³-hybridized carbons (Fsp3) is 0.292. The molecule has 0 spiro atoms. The molecule has 32 heavy (non-hydrogen) atoms. The number of hydrogen-bond donors (Lipinski definition) is 1. The molecule has 8 nitrogen and oxygen atoms in total. The average Bonchev–Trinajstić information content (AvgIpc) is 2.83. The normalized spacial score (nSPS) is 14.3. The van der Waals surface area contributed by atoms with Crippen LogP contribution in [0.4, 0.5) is 11.8 Å². The summed E-state index contributed by atoms with van der Waals surface area (Å²) >= 11 is 0. The van der Waals surface area contributed by atoms with Crippen molar-refractivity contribution in [1.29, 1.82) is 0 Å². The van der Waals surface area contributed by atoms with Crippen molar-refractivity contribution >= 4 is 39.3 Å². The summed E-state index contributed by atoms with van der Waals surface area (Å²) in [7, 11) is 0. The van der Waals surface area contributed by atoms with Gasteiger partial charge in [-0.05, 0) is 25.3 Å². The second kappa shape index (κ2) is 8.37. The highest BCUT2D eigenvalue weighted by molar-refractivity contribution is 6.15. The summed E-state index contributed by atoms with van der Waals surface area (Å²) in [6, 6.07) is 13.9. The molecule has 0 saturated carbocycles. The number of carbonyl (C=O) groups excluding carboxylic acids is 1. The van der Waals surface area contributed by atoms with Crippen LogP contribution in [0.1, 0.15) is 24.2 Å². The second-order valence-corrected chi connectivity index (χ2v) is 8.23.